The molecule has 0 spiro atoms. The Morgan fingerprint density at radius 2 is 1.90 bits per heavy atom. The lowest BCUT2D eigenvalue weighted by molar-refractivity contribution is -0.107. The van der Waals surface area contributed by atoms with Gasteiger partial charge in [-0.3, -0.25) is 9.79 Å². The van der Waals surface area contributed by atoms with Crippen LogP contribution >= 0.6 is 23.2 Å². The summed E-state index contributed by atoms with van der Waals surface area (Å²) in [5.41, 5.74) is 3.23. The predicted molar refractivity (Wildman–Crippen MR) is 86.8 cm³/mol. The van der Waals surface area contributed by atoms with Crippen LogP contribution < -0.4 is 4.90 Å². The third-order valence-electron chi connectivity index (χ3n) is 3.39. The summed E-state index contributed by atoms with van der Waals surface area (Å²) in [6.07, 6.45) is 0.817. The summed E-state index contributed by atoms with van der Waals surface area (Å²) in [4.78, 5) is 17.5. The second-order valence-electron chi connectivity index (χ2n) is 4.67. The SMILES string of the molecule is O=CN1CCN=C(c2ccccc2Cl)c2cc(Cl)ccc21. The lowest BCUT2D eigenvalue weighted by Crippen LogP contribution is -2.24. The molecule has 2 aromatic carbocycles. The zero-order valence-corrected chi connectivity index (χ0v) is 12.6. The van der Waals surface area contributed by atoms with Crippen molar-refractivity contribution in [3.63, 3.8) is 0 Å². The van der Waals surface area contributed by atoms with E-state index < -0.39 is 0 Å². The topological polar surface area (TPSA) is 32.7 Å². The molecule has 0 atom stereocenters. The van der Waals surface area contributed by atoms with Crippen LogP contribution in [0.5, 0.6) is 0 Å². The number of hydrogen-bond acceptors (Lipinski definition) is 2. The summed E-state index contributed by atoms with van der Waals surface area (Å²) in [5.74, 6) is 0. The van der Waals surface area contributed by atoms with Gasteiger partial charge in [0.1, 0.15) is 0 Å². The first-order valence-corrected chi connectivity index (χ1v) is 7.27. The number of fused-ring (bicyclic) bond motifs is 1. The molecule has 0 aliphatic carbocycles. The van der Waals surface area contributed by atoms with Gasteiger partial charge >= 0.3 is 0 Å². The van der Waals surface area contributed by atoms with Crippen molar-refractivity contribution in [3.05, 3.63) is 63.6 Å². The van der Waals surface area contributed by atoms with E-state index in [1.54, 1.807) is 11.0 Å². The summed E-state index contributed by atoms with van der Waals surface area (Å²) in [6, 6.07) is 13.0. The van der Waals surface area contributed by atoms with Crippen LogP contribution in [0.3, 0.4) is 0 Å². The normalized spacial score (nSPS) is 14.2. The van der Waals surface area contributed by atoms with Crippen molar-refractivity contribution in [2.75, 3.05) is 18.0 Å². The van der Waals surface area contributed by atoms with Gasteiger partial charge < -0.3 is 4.90 Å². The zero-order valence-electron chi connectivity index (χ0n) is 11.1. The number of rotatable bonds is 2. The van der Waals surface area contributed by atoms with Crippen LogP contribution in [0, 0.1) is 0 Å². The van der Waals surface area contributed by atoms with Crippen LogP contribution in [0.4, 0.5) is 5.69 Å². The molecule has 0 N–H and O–H groups in total. The summed E-state index contributed by atoms with van der Waals surface area (Å²) < 4.78 is 0. The Hall–Kier alpha value is -1.84. The first-order chi connectivity index (χ1) is 10.2. The smallest absolute Gasteiger partial charge is 0.214 e. The van der Waals surface area contributed by atoms with E-state index in [-0.39, 0.29) is 0 Å². The highest BCUT2D eigenvalue weighted by Gasteiger charge is 2.21. The standard InChI is InChI=1S/C16H12Cl2N2O/c17-11-5-6-15-13(9-11)16(19-7-8-20(15)10-21)12-3-1-2-4-14(12)18/h1-6,9-10H,7-8H2. The quantitative estimate of drug-likeness (QED) is 0.775. The molecule has 0 radical (unpaired) electrons. The fourth-order valence-electron chi connectivity index (χ4n) is 2.42. The summed E-state index contributed by atoms with van der Waals surface area (Å²) in [6.45, 7) is 1.05. The van der Waals surface area contributed by atoms with E-state index in [9.17, 15) is 4.79 Å². The highest BCUT2D eigenvalue weighted by Crippen LogP contribution is 2.30. The number of carbonyl (C=O) groups excluding carboxylic acids is 1. The average molecular weight is 319 g/mol. The van der Waals surface area contributed by atoms with Crippen molar-refractivity contribution in [2.45, 2.75) is 0 Å². The van der Waals surface area contributed by atoms with Gasteiger partial charge in [0.15, 0.2) is 0 Å². The average Bonchev–Trinajstić information content (AvgIpc) is 2.66. The molecule has 0 fully saturated rings. The van der Waals surface area contributed by atoms with Gasteiger partial charge in [-0.1, -0.05) is 41.4 Å². The molecule has 0 unspecified atom stereocenters. The Balaban J connectivity index is 2.22. The molecule has 2 aromatic rings. The van der Waals surface area contributed by atoms with Crippen molar-refractivity contribution in [3.8, 4) is 0 Å². The van der Waals surface area contributed by atoms with Gasteiger partial charge in [0.25, 0.3) is 0 Å². The monoisotopic (exact) mass is 318 g/mol. The first kappa shape index (κ1) is 14.1. The number of benzene rings is 2. The summed E-state index contributed by atoms with van der Waals surface area (Å²) >= 11 is 12.4. The molecule has 106 valence electrons. The van der Waals surface area contributed by atoms with E-state index in [1.165, 1.54) is 0 Å². The van der Waals surface area contributed by atoms with Crippen molar-refractivity contribution >= 4 is 41.0 Å². The lowest BCUT2D eigenvalue weighted by Gasteiger charge is -2.18. The molecule has 1 aliphatic rings. The molecule has 21 heavy (non-hydrogen) atoms. The Morgan fingerprint density at radius 1 is 1.10 bits per heavy atom. The summed E-state index contributed by atoms with van der Waals surface area (Å²) in [5, 5.41) is 1.22. The molecular formula is C16H12Cl2N2O. The number of nitrogens with zero attached hydrogens (tertiary/aromatic N) is 2. The minimum atomic E-state index is 0.519. The Kier molecular flexibility index (Phi) is 3.95. The first-order valence-electron chi connectivity index (χ1n) is 6.52. The third-order valence-corrected chi connectivity index (χ3v) is 3.95. The Bertz CT molecular complexity index is 728. The fraction of sp³-hybridized carbons (Fsp3) is 0.125. The van der Waals surface area contributed by atoms with Crippen LogP contribution in [0.25, 0.3) is 0 Å². The van der Waals surface area contributed by atoms with Gasteiger partial charge in [-0.05, 0) is 24.3 Å². The Morgan fingerprint density at radius 3 is 2.67 bits per heavy atom. The zero-order chi connectivity index (χ0) is 14.8. The van der Waals surface area contributed by atoms with Gasteiger partial charge in [-0.2, -0.15) is 0 Å². The van der Waals surface area contributed by atoms with Gasteiger partial charge in [0.2, 0.25) is 6.41 Å². The maximum Gasteiger partial charge on any atom is 0.214 e. The number of aliphatic imine (C=N–C) groups is 1. The molecule has 3 rings (SSSR count). The van der Waals surface area contributed by atoms with Crippen LogP contribution in [-0.2, 0) is 4.79 Å². The van der Waals surface area contributed by atoms with Crippen molar-refractivity contribution < 1.29 is 4.79 Å². The fourth-order valence-corrected chi connectivity index (χ4v) is 2.81. The number of hydrogen-bond donors (Lipinski definition) is 0. The highest BCUT2D eigenvalue weighted by atomic mass is 35.5. The molecule has 1 amide bonds. The van der Waals surface area contributed by atoms with Crippen LogP contribution in [0.2, 0.25) is 10.0 Å². The third kappa shape index (κ3) is 2.67. The van der Waals surface area contributed by atoms with Gasteiger partial charge in [0.05, 0.1) is 17.9 Å². The number of benzodiazepines with no additional fused rings is 1. The van der Waals surface area contributed by atoms with E-state index in [0.29, 0.717) is 23.1 Å². The lowest BCUT2D eigenvalue weighted by atomic mass is 10.0. The second-order valence-corrected chi connectivity index (χ2v) is 5.51. The molecule has 1 heterocycles. The highest BCUT2D eigenvalue weighted by molar-refractivity contribution is 6.36. The van der Waals surface area contributed by atoms with Crippen LogP contribution in [0.15, 0.2) is 47.5 Å². The largest absolute Gasteiger partial charge is 0.312 e. The van der Waals surface area contributed by atoms with E-state index in [2.05, 4.69) is 4.99 Å². The van der Waals surface area contributed by atoms with Gasteiger partial charge in [-0.25, -0.2) is 0 Å². The minimum Gasteiger partial charge on any atom is -0.312 e. The molecule has 0 saturated carbocycles. The van der Waals surface area contributed by atoms with E-state index >= 15 is 0 Å². The second kappa shape index (κ2) is 5.88. The molecule has 0 bridgehead atoms. The predicted octanol–water partition coefficient (Wildman–Crippen LogP) is 3.81. The van der Waals surface area contributed by atoms with Crippen LogP contribution in [-0.4, -0.2) is 25.2 Å². The van der Waals surface area contributed by atoms with E-state index in [1.807, 2.05) is 36.4 Å². The van der Waals surface area contributed by atoms with Gasteiger partial charge in [-0.15, -0.1) is 0 Å². The van der Waals surface area contributed by atoms with E-state index in [0.717, 1.165) is 28.9 Å². The van der Waals surface area contributed by atoms with Crippen molar-refractivity contribution in [2.24, 2.45) is 4.99 Å². The maximum absolute atomic E-state index is 11.3. The van der Waals surface area contributed by atoms with Gasteiger partial charge in [0, 0.05) is 27.7 Å². The van der Waals surface area contributed by atoms with E-state index in [4.69, 9.17) is 23.2 Å². The molecule has 0 saturated heterocycles. The Labute approximate surface area is 132 Å². The molecular weight excluding hydrogens is 307 g/mol. The molecule has 3 nitrogen and oxygen atoms in total. The maximum atomic E-state index is 11.3. The number of halogens is 2. The minimum absolute atomic E-state index is 0.519. The number of carbonyl (C=O) groups is 1. The summed E-state index contributed by atoms with van der Waals surface area (Å²) in [7, 11) is 0. The molecule has 5 heteroatoms. The number of amides is 1. The number of anilines is 1. The van der Waals surface area contributed by atoms with Crippen molar-refractivity contribution in [1.82, 2.24) is 0 Å². The van der Waals surface area contributed by atoms with Crippen molar-refractivity contribution in [1.29, 1.82) is 0 Å². The molecule has 1 aliphatic heterocycles. The van der Waals surface area contributed by atoms with Crippen LogP contribution in [0.1, 0.15) is 11.1 Å². The molecule has 0 aromatic heterocycles.